The van der Waals surface area contributed by atoms with Crippen molar-refractivity contribution in [3.8, 4) is 5.75 Å². The van der Waals surface area contributed by atoms with E-state index in [2.05, 4.69) is 22.9 Å². The van der Waals surface area contributed by atoms with Crippen molar-refractivity contribution in [3.63, 3.8) is 0 Å². The monoisotopic (exact) mass is 369 g/mol. The second-order valence-electron chi connectivity index (χ2n) is 6.08. The van der Waals surface area contributed by atoms with Crippen molar-refractivity contribution in [3.05, 3.63) is 48.5 Å². The summed E-state index contributed by atoms with van der Waals surface area (Å²) >= 11 is 0. The Hall–Kier alpha value is -3.02. The Labute approximate surface area is 160 Å². The van der Waals surface area contributed by atoms with Gasteiger partial charge < -0.3 is 20.7 Å². The van der Waals surface area contributed by atoms with E-state index in [9.17, 15) is 9.59 Å². The van der Waals surface area contributed by atoms with E-state index in [-0.39, 0.29) is 18.4 Å². The van der Waals surface area contributed by atoms with Crippen LogP contribution in [-0.2, 0) is 9.59 Å². The van der Waals surface area contributed by atoms with E-state index in [4.69, 9.17) is 4.74 Å². The molecule has 0 radical (unpaired) electrons. The predicted octanol–water partition coefficient (Wildman–Crippen LogP) is 4.26. The zero-order valence-corrected chi connectivity index (χ0v) is 15.9. The van der Waals surface area contributed by atoms with Crippen molar-refractivity contribution in [1.29, 1.82) is 0 Å². The summed E-state index contributed by atoms with van der Waals surface area (Å²) in [5.74, 6) is 0.482. The molecule has 2 amide bonds. The van der Waals surface area contributed by atoms with E-state index in [1.807, 2.05) is 36.4 Å². The zero-order valence-electron chi connectivity index (χ0n) is 15.9. The molecule has 0 saturated carbocycles. The summed E-state index contributed by atoms with van der Waals surface area (Å²) in [6, 6.07) is 14.6. The van der Waals surface area contributed by atoms with Gasteiger partial charge in [-0.05, 0) is 42.8 Å². The van der Waals surface area contributed by atoms with Crippen LogP contribution >= 0.6 is 0 Å². The van der Waals surface area contributed by atoms with Gasteiger partial charge in [-0.3, -0.25) is 9.59 Å². The van der Waals surface area contributed by atoms with Gasteiger partial charge in [-0.2, -0.15) is 0 Å². The van der Waals surface area contributed by atoms with Crippen molar-refractivity contribution < 1.29 is 14.3 Å². The molecule has 144 valence electrons. The Morgan fingerprint density at radius 3 is 2.30 bits per heavy atom. The van der Waals surface area contributed by atoms with Gasteiger partial charge in [-0.15, -0.1) is 0 Å². The number of carbonyl (C=O) groups excluding carboxylic acids is 2. The topological polar surface area (TPSA) is 79.5 Å². The molecular weight excluding hydrogens is 342 g/mol. The Kier molecular flexibility index (Phi) is 8.16. The number of ether oxygens (including phenoxy) is 1. The quantitative estimate of drug-likeness (QED) is 0.547. The lowest BCUT2D eigenvalue weighted by atomic mass is 10.2. The third-order valence-corrected chi connectivity index (χ3v) is 3.86. The van der Waals surface area contributed by atoms with Crippen molar-refractivity contribution in [2.75, 3.05) is 29.1 Å². The van der Waals surface area contributed by atoms with Crippen LogP contribution in [0.1, 0.15) is 33.1 Å². The normalized spacial score (nSPS) is 10.1. The summed E-state index contributed by atoms with van der Waals surface area (Å²) in [4.78, 5) is 23.6. The number of rotatable bonds is 10. The second-order valence-corrected chi connectivity index (χ2v) is 6.08. The number of amides is 2. The summed E-state index contributed by atoms with van der Waals surface area (Å²) in [5, 5.41) is 8.72. The first-order valence-electron chi connectivity index (χ1n) is 9.27. The highest BCUT2D eigenvalue weighted by Gasteiger charge is 2.07. The molecule has 2 aromatic rings. The Morgan fingerprint density at radius 2 is 1.59 bits per heavy atom. The van der Waals surface area contributed by atoms with E-state index in [0.717, 1.165) is 24.2 Å². The van der Waals surface area contributed by atoms with Crippen LogP contribution in [0.25, 0.3) is 0 Å². The van der Waals surface area contributed by atoms with E-state index in [0.29, 0.717) is 24.5 Å². The molecule has 0 heterocycles. The molecule has 27 heavy (non-hydrogen) atoms. The van der Waals surface area contributed by atoms with Crippen LogP contribution in [0.5, 0.6) is 5.75 Å². The Morgan fingerprint density at radius 1 is 0.889 bits per heavy atom. The number of hydrogen-bond acceptors (Lipinski definition) is 4. The summed E-state index contributed by atoms with van der Waals surface area (Å²) in [6.07, 6.45) is 2.46. The first-order chi connectivity index (χ1) is 13.1. The minimum Gasteiger partial charge on any atom is -0.491 e. The molecule has 0 aliphatic heterocycles. The fourth-order valence-corrected chi connectivity index (χ4v) is 2.32. The van der Waals surface area contributed by atoms with Crippen LogP contribution in [0, 0.1) is 0 Å². The lowest BCUT2D eigenvalue weighted by molar-refractivity contribution is -0.116. The molecule has 0 spiro atoms. The molecule has 0 aliphatic carbocycles. The minimum absolute atomic E-state index is 0.0325. The lowest BCUT2D eigenvalue weighted by Gasteiger charge is -2.13. The van der Waals surface area contributed by atoms with Crippen LogP contribution in [0.15, 0.2) is 48.5 Å². The molecule has 0 unspecified atom stereocenters. The van der Waals surface area contributed by atoms with Gasteiger partial charge in [0, 0.05) is 17.8 Å². The molecular formula is C21H27N3O3. The van der Waals surface area contributed by atoms with E-state index in [1.165, 1.54) is 0 Å². The Balaban J connectivity index is 1.85. The zero-order chi connectivity index (χ0) is 19.5. The maximum absolute atomic E-state index is 12.2. The van der Waals surface area contributed by atoms with Crippen molar-refractivity contribution in [1.82, 2.24) is 0 Å². The van der Waals surface area contributed by atoms with Crippen LogP contribution in [0.2, 0.25) is 0 Å². The van der Waals surface area contributed by atoms with Gasteiger partial charge in [0.15, 0.2) is 0 Å². The lowest BCUT2D eigenvalue weighted by Crippen LogP contribution is -2.22. The largest absolute Gasteiger partial charge is 0.491 e. The fourth-order valence-electron chi connectivity index (χ4n) is 2.32. The molecule has 3 N–H and O–H groups in total. The third-order valence-electron chi connectivity index (χ3n) is 3.86. The number of anilines is 3. The first kappa shape index (κ1) is 20.3. The van der Waals surface area contributed by atoms with Gasteiger partial charge in [0.2, 0.25) is 11.8 Å². The molecule has 6 heteroatoms. The number of carbonyl (C=O) groups is 2. The highest BCUT2D eigenvalue weighted by Crippen LogP contribution is 2.24. The van der Waals surface area contributed by atoms with Gasteiger partial charge in [-0.25, -0.2) is 0 Å². The first-order valence-corrected chi connectivity index (χ1v) is 9.27. The van der Waals surface area contributed by atoms with Crippen molar-refractivity contribution in [2.45, 2.75) is 33.1 Å². The maximum Gasteiger partial charge on any atom is 0.243 e. The van der Waals surface area contributed by atoms with Crippen molar-refractivity contribution in [2.24, 2.45) is 0 Å². The van der Waals surface area contributed by atoms with Gasteiger partial charge in [0.25, 0.3) is 0 Å². The van der Waals surface area contributed by atoms with E-state index in [1.54, 1.807) is 19.1 Å². The van der Waals surface area contributed by atoms with Gasteiger partial charge in [-0.1, -0.05) is 32.4 Å². The Bertz CT molecular complexity index is 745. The molecule has 2 rings (SSSR count). The SMILES string of the molecule is CCCCOc1ccccc1NC(=O)CNc1ccc(NC(=O)CC)cc1. The number of para-hydroxylation sites is 2. The van der Waals surface area contributed by atoms with Crippen LogP contribution in [0.3, 0.4) is 0 Å². The average Bonchev–Trinajstić information content (AvgIpc) is 2.69. The number of benzene rings is 2. The van der Waals surface area contributed by atoms with Gasteiger partial charge in [0.1, 0.15) is 5.75 Å². The number of nitrogens with one attached hydrogen (secondary N) is 3. The van der Waals surface area contributed by atoms with Crippen LogP contribution in [-0.4, -0.2) is 25.0 Å². The molecule has 0 bridgehead atoms. The molecule has 6 nitrogen and oxygen atoms in total. The number of unbranched alkanes of at least 4 members (excludes halogenated alkanes) is 1. The highest BCUT2D eigenvalue weighted by atomic mass is 16.5. The average molecular weight is 369 g/mol. The maximum atomic E-state index is 12.2. The molecule has 0 aromatic heterocycles. The highest BCUT2D eigenvalue weighted by molar-refractivity contribution is 5.95. The fraction of sp³-hybridized carbons (Fsp3) is 0.333. The summed E-state index contributed by atoms with van der Waals surface area (Å²) in [5.41, 5.74) is 2.19. The van der Waals surface area contributed by atoms with Crippen LogP contribution < -0.4 is 20.7 Å². The third kappa shape index (κ3) is 7.01. The number of hydrogen-bond donors (Lipinski definition) is 3. The van der Waals surface area contributed by atoms with E-state index < -0.39 is 0 Å². The van der Waals surface area contributed by atoms with Gasteiger partial charge in [0.05, 0.1) is 18.8 Å². The standard InChI is InChI=1S/C21H27N3O3/c1-3-5-14-27-19-9-7-6-8-18(19)24-21(26)15-22-16-10-12-17(13-11-16)23-20(25)4-2/h6-13,22H,3-5,14-15H2,1-2H3,(H,23,25)(H,24,26). The molecule has 0 fully saturated rings. The summed E-state index contributed by atoms with van der Waals surface area (Å²) in [7, 11) is 0. The van der Waals surface area contributed by atoms with E-state index >= 15 is 0 Å². The van der Waals surface area contributed by atoms with Crippen LogP contribution in [0.4, 0.5) is 17.1 Å². The summed E-state index contributed by atoms with van der Waals surface area (Å²) in [6.45, 7) is 4.66. The van der Waals surface area contributed by atoms with Crippen molar-refractivity contribution >= 4 is 28.9 Å². The summed E-state index contributed by atoms with van der Waals surface area (Å²) < 4.78 is 5.73. The second kappa shape index (κ2) is 10.9. The molecule has 0 atom stereocenters. The molecule has 0 saturated heterocycles. The molecule has 0 aliphatic rings. The minimum atomic E-state index is -0.162. The molecule has 2 aromatic carbocycles. The smallest absolute Gasteiger partial charge is 0.243 e. The predicted molar refractivity (Wildman–Crippen MR) is 109 cm³/mol. The van der Waals surface area contributed by atoms with Gasteiger partial charge >= 0.3 is 0 Å².